The van der Waals surface area contributed by atoms with Crippen molar-refractivity contribution < 1.29 is 4.39 Å². The predicted octanol–water partition coefficient (Wildman–Crippen LogP) is 3.65. The molecule has 0 saturated heterocycles. The van der Waals surface area contributed by atoms with Gasteiger partial charge in [-0.15, -0.1) is 17.9 Å². The van der Waals surface area contributed by atoms with E-state index in [1.54, 1.807) is 29.1 Å². The van der Waals surface area contributed by atoms with Gasteiger partial charge in [0.2, 0.25) is 4.80 Å². The van der Waals surface area contributed by atoms with Crippen LogP contribution < -0.4 is 4.80 Å². The quantitative estimate of drug-likeness (QED) is 0.549. The molecule has 0 atom stereocenters. The van der Waals surface area contributed by atoms with Gasteiger partial charge in [-0.05, 0) is 36.4 Å². The van der Waals surface area contributed by atoms with E-state index in [0.717, 1.165) is 21.8 Å². The fourth-order valence-corrected chi connectivity index (χ4v) is 2.87. The number of benzene rings is 1. The van der Waals surface area contributed by atoms with E-state index in [1.165, 1.54) is 23.5 Å². The van der Waals surface area contributed by atoms with Crippen LogP contribution in [0, 0.1) is 5.82 Å². The summed E-state index contributed by atoms with van der Waals surface area (Å²) in [6.45, 7) is 4.20. The molecule has 0 unspecified atom stereocenters. The highest BCUT2D eigenvalue weighted by molar-refractivity contribution is 7.07. The largest absolute Gasteiger partial charge is 0.360 e. The SMILES string of the molecule is C=CCN=c1scc(-c2ccc(F)cc2)n1N=Cc1ccc[nH]1. The molecule has 3 rings (SSSR count). The van der Waals surface area contributed by atoms with Crippen LogP contribution in [0.1, 0.15) is 5.69 Å². The zero-order valence-corrected chi connectivity index (χ0v) is 13.1. The lowest BCUT2D eigenvalue weighted by molar-refractivity contribution is 0.628. The van der Waals surface area contributed by atoms with Gasteiger partial charge in [-0.2, -0.15) is 5.10 Å². The van der Waals surface area contributed by atoms with Crippen molar-refractivity contribution in [1.29, 1.82) is 0 Å². The average Bonchev–Trinajstić information content (AvgIpc) is 3.21. The minimum atomic E-state index is -0.262. The van der Waals surface area contributed by atoms with Crippen molar-refractivity contribution >= 4 is 17.6 Å². The van der Waals surface area contributed by atoms with Gasteiger partial charge in [0.15, 0.2) is 0 Å². The van der Waals surface area contributed by atoms with E-state index in [2.05, 4.69) is 21.7 Å². The molecule has 6 heteroatoms. The zero-order valence-electron chi connectivity index (χ0n) is 12.3. The summed E-state index contributed by atoms with van der Waals surface area (Å²) in [5.74, 6) is -0.262. The van der Waals surface area contributed by atoms with Gasteiger partial charge in [-0.25, -0.2) is 9.07 Å². The average molecular weight is 326 g/mol. The molecule has 4 nitrogen and oxygen atoms in total. The van der Waals surface area contributed by atoms with Crippen LogP contribution in [0.3, 0.4) is 0 Å². The van der Waals surface area contributed by atoms with E-state index in [-0.39, 0.29) is 5.82 Å². The molecular weight excluding hydrogens is 311 g/mol. The Morgan fingerprint density at radius 2 is 2.09 bits per heavy atom. The van der Waals surface area contributed by atoms with Crippen molar-refractivity contribution in [3.05, 3.63) is 76.9 Å². The Bertz CT molecular complexity index is 870. The number of rotatable bonds is 5. The number of aromatic nitrogens is 2. The van der Waals surface area contributed by atoms with Crippen LogP contribution in [-0.4, -0.2) is 22.4 Å². The lowest BCUT2D eigenvalue weighted by Crippen LogP contribution is -2.12. The highest BCUT2D eigenvalue weighted by Crippen LogP contribution is 2.20. The first-order valence-electron chi connectivity index (χ1n) is 7.03. The molecule has 1 N–H and O–H groups in total. The second-order valence-electron chi connectivity index (χ2n) is 4.72. The molecule has 2 aromatic heterocycles. The number of aromatic amines is 1. The molecule has 0 aliphatic rings. The molecule has 0 amide bonds. The second kappa shape index (κ2) is 7.02. The fourth-order valence-electron chi connectivity index (χ4n) is 2.03. The number of hydrogen-bond donors (Lipinski definition) is 1. The number of nitrogens with one attached hydrogen (secondary N) is 1. The van der Waals surface area contributed by atoms with Crippen LogP contribution in [0.15, 0.2) is 70.7 Å². The first-order chi connectivity index (χ1) is 11.3. The monoisotopic (exact) mass is 326 g/mol. The van der Waals surface area contributed by atoms with Gasteiger partial charge in [0.05, 0.1) is 24.1 Å². The maximum atomic E-state index is 13.1. The summed E-state index contributed by atoms with van der Waals surface area (Å²) in [6.07, 6.45) is 5.30. The Morgan fingerprint density at radius 1 is 1.26 bits per heavy atom. The van der Waals surface area contributed by atoms with Crippen molar-refractivity contribution in [2.75, 3.05) is 6.54 Å². The highest BCUT2D eigenvalue weighted by Gasteiger charge is 2.07. The lowest BCUT2D eigenvalue weighted by Gasteiger charge is -2.03. The first kappa shape index (κ1) is 15.2. The van der Waals surface area contributed by atoms with Crippen molar-refractivity contribution in [3.8, 4) is 11.3 Å². The van der Waals surface area contributed by atoms with Gasteiger partial charge >= 0.3 is 0 Å². The third kappa shape index (κ3) is 3.54. The summed E-state index contributed by atoms with van der Waals surface area (Å²) >= 11 is 1.48. The fraction of sp³-hybridized carbons (Fsp3) is 0.0588. The normalized spacial score (nSPS) is 12.1. The van der Waals surface area contributed by atoms with Gasteiger partial charge in [0, 0.05) is 17.1 Å². The van der Waals surface area contributed by atoms with E-state index >= 15 is 0 Å². The molecule has 0 aliphatic heterocycles. The third-order valence-corrected chi connectivity index (χ3v) is 3.97. The van der Waals surface area contributed by atoms with Crippen LogP contribution in [0.25, 0.3) is 11.3 Å². The maximum Gasteiger partial charge on any atom is 0.206 e. The standard InChI is InChI=1S/C17H15FN4S/c1-2-9-20-17-22(21-11-15-4-3-10-19-15)16(12-23-17)13-5-7-14(18)8-6-13/h2-8,10-12,19H,1,9H2. The minimum absolute atomic E-state index is 0.262. The summed E-state index contributed by atoms with van der Waals surface area (Å²) in [4.78, 5) is 8.28. The van der Waals surface area contributed by atoms with Crippen LogP contribution >= 0.6 is 11.3 Å². The van der Waals surface area contributed by atoms with Crippen LogP contribution in [0.2, 0.25) is 0 Å². The maximum absolute atomic E-state index is 13.1. The molecule has 3 aromatic rings. The number of thiazole rings is 1. The van der Waals surface area contributed by atoms with Crippen LogP contribution in [0.4, 0.5) is 4.39 Å². The van der Waals surface area contributed by atoms with E-state index in [0.29, 0.717) is 6.54 Å². The minimum Gasteiger partial charge on any atom is -0.360 e. The number of halogens is 1. The molecule has 116 valence electrons. The molecule has 0 bridgehead atoms. The topological polar surface area (TPSA) is 45.4 Å². The Balaban J connectivity index is 2.07. The third-order valence-electron chi connectivity index (χ3n) is 3.12. The summed E-state index contributed by atoms with van der Waals surface area (Å²) in [5.41, 5.74) is 2.63. The Morgan fingerprint density at radius 3 is 2.78 bits per heavy atom. The summed E-state index contributed by atoms with van der Waals surface area (Å²) in [5, 5.41) is 6.47. The van der Waals surface area contributed by atoms with Crippen molar-refractivity contribution in [1.82, 2.24) is 9.66 Å². The highest BCUT2D eigenvalue weighted by atomic mass is 32.1. The molecule has 0 saturated carbocycles. The molecule has 0 spiro atoms. The second-order valence-corrected chi connectivity index (χ2v) is 5.56. The molecule has 2 heterocycles. The Labute approximate surface area is 137 Å². The van der Waals surface area contributed by atoms with Gasteiger partial charge < -0.3 is 4.98 Å². The predicted molar refractivity (Wildman–Crippen MR) is 92.1 cm³/mol. The van der Waals surface area contributed by atoms with E-state index < -0.39 is 0 Å². The van der Waals surface area contributed by atoms with Gasteiger partial charge in [-0.3, -0.25) is 4.99 Å². The summed E-state index contributed by atoms with van der Waals surface area (Å²) < 4.78 is 14.9. The lowest BCUT2D eigenvalue weighted by atomic mass is 10.2. The molecular formula is C17H15FN4S. The number of nitrogens with zero attached hydrogens (tertiary/aromatic N) is 3. The Hall–Kier alpha value is -2.73. The first-order valence-corrected chi connectivity index (χ1v) is 7.91. The van der Waals surface area contributed by atoms with Gasteiger partial charge in [0.1, 0.15) is 5.82 Å². The van der Waals surface area contributed by atoms with E-state index in [4.69, 9.17) is 0 Å². The van der Waals surface area contributed by atoms with Crippen molar-refractivity contribution in [3.63, 3.8) is 0 Å². The number of H-pyrrole nitrogens is 1. The zero-order chi connectivity index (χ0) is 16.1. The van der Waals surface area contributed by atoms with Crippen molar-refractivity contribution in [2.24, 2.45) is 10.1 Å². The number of hydrogen-bond acceptors (Lipinski definition) is 3. The smallest absolute Gasteiger partial charge is 0.206 e. The molecule has 0 fully saturated rings. The molecule has 1 aromatic carbocycles. The summed E-state index contributed by atoms with van der Waals surface area (Å²) in [7, 11) is 0. The molecule has 23 heavy (non-hydrogen) atoms. The van der Waals surface area contributed by atoms with Crippen LogP contribution in [-0.2, 0) is 0 Å². The van der Waals surface area contributed by atoms with E-state index in [9.17, 15) is 4.39 Å². The van der Waals surface area contributed by atoms with Crippen LogP contribution in [0.5, 0.6) is 0 Å². The Kier molecular flexibility index (Phi) is 4.63. The molecule has 0 radical (unpaired) electrons. The van der Waals surface area contributed by atoms with Gasteiger partial charge in [0.25, 0.3) is 0 Å². The molecule has 0 aliphatic carbocycles. The van der Waals surface area contributed by atoms with Gasteiger partial charge in [-0.1, -0.05) is 6.08 Å². The van der Waals surface area contributed by atoms with Crippen molar-refractivity contribution in [2.45, 2.75) is 0 Å². The van der Waals surface area contributed by atoms with E-state index in [1.807, 2.05) is 23.7 Å². The summed E-state index contributed by atoms with van der Waals surface area (Å²) in [6, 6.07) is 10.2.